The zero-order chi connectivity index (χ0) is 20.7. The molecule has 6 nitrogen and oxygen atoms in total. The zero-order valence-corrected chi connectivity index (χ0v) is 18.0. The number of nitrogens with zero attached hydrogens (tertiary/aromatic N) is 2. The quantitative estimate of drug-likeness (QED) is 0.556. The number of H-pyrrole nitrogens is 1. The third kappa shape index (κ3) is 3.42. The normalized spacial score (nSPS) is 15.8. The lowest BCUT2D eigenvalue weighted by Crippen LogP contribution is -2.41. The standard InChI is InChI=1S/C21H18BrN3O3S/c1-12(26)24-11-10-13-4-2-3-5-16(13)18(24)17-19(27)23-21(29)25(20(17)28)15-8-6-14(22)7-9-15/h2-9,18,28H,10-11H2,1H3,(H,23,27,29). The maximum Gasteiger partial charge on any atom is 0.261 e. The van der Waals surface area contributed by atoms with Gasteiger partial charge in [-0.05, 0) is 54.0 Å². The van der Waals surface area contributed by atoms with E-state index in [0.717, 1.165) is 15.6 Å². The van der Waals surface area contributed by atoms with E-state index in [1.807, 2.05) is 36.4 Å². The molecule has 8 heteroatoms. The number of halogens is 1. The maximum absolute atomic E-state index is 12.9. The van der Waals surface area contributed by atoms with Crippen molar-refractivity contribution in [2.75, 3.05) is 6.54 Å². The highest BCUT2D eigenvalue weighted by molar-refractivity contribution is 9.10. The Labute approximate surface area is 180 Å². The van der Waals surface area contributed by atoms with Crippen molar-refractivity contribution in [1.29, 1.82) is 0 Å². The van der Waals surface area contributed by atoms with Crippen LogP contribution in [0.4, 0.5) is 0 Å². The number of carbonyl (C=O) groups is 1. The summed E-state index contributed by atoms with van der Waals surface area (Å²) >= 11 is 8.70. The molecule has 1 aliphatic heterocycles. The van der Waals surface area contributed by atoms with Gasteiger partial charge in [0.2, 0.25) is 11.8 Å². The van der Waals surface area contributed by atoms with Gasteiger partial charge in [-0.1, -0.05) is 40.2 Å². The lowest BCUT2D eigenvalue weighted by Gasteiger charge is -2.37. The first-order valence-electron chi connectivity index (χ1n) is 9.07. The molecule has 148 valence electrons. The monoisotopic (exact) mass is 471 g/mol. The van der Waals surface area contributed by atoms with E-state index in [2.05, 4.69) is 20.9 Å². The Morgan fingerprint density at radius 3 is 2.59 bits per heavy atom. The van der Waals surface area contributed by atoms with E-state index in [9.17, 15) is 14.7 Å². The highest BCUT2D eigenvalue weighted by Gasteiger charge is 2.35. The summed E-state index contributed by atoms with van der Waals surface area (Å²) in [6.07, 6.45) is 0.691. The first-order valence-corrected chi connectivity index (χ1v) is 10.3. The minimum Gasteiger partial charge on any atom is -0.494 e. The number of fused-ring (bicyclic) bond motifs is 1. The largest absolute Gasteiger partial charge is 0.494 e. The Morgan fingerprint density at radius 1 is 1.21 bits per heavy atom. The van der Waals surface area contributed by atoms with Crippen LogP contribution in [-0.4, -0.2) is 32.0 Å². The summed E-state index contributed by atoms with van der Waals surface area (Å²) in [6, 6.07) is 14.2. The SMILES string of the molecule is CC(=O)N1CCc2ccccc2C1c1c(O)n(-c2ccc(Br)cc2)c(=S)[nH]c1=O. The van der Waals surface area contributed by atoms with Crippen LogP contribution in [0.25, 0.3) is 5.69 Å². The minimum absolute atomic E-state index is 0.0806. The summed E-state index contributed by atoms with van der Waals surface area (Å²) < 4.78 is 2.37. The molecule has 1 atom stereocenters. The van der Waals surface area contributed by atoms with Gasteiger partial charge in [0, 0.05) is 17.9 Å². The Kier molecular flexibility index (Phi) is 5.14. The summed E-state index contributed by atoms with van der Waals surface area (Å²) in [5.41, 5.74) is 2.07. The average molecular weight is 472 g/mol. The van der Waals surface area contributed by atoms with Crippen molar-refractivity contribution in [3.05, 3.63) is 84.8 Å². The second-order valence-corrected chi connectivity index (χ2v) is 8.17. The Balaban J connectivity index is 2.00. The summed E-state index contributed by atoms with van der Waals surface area (Å²) in [7, 11) is 0. The van der Waals surface area contributed by atoms with E-state index >= 15 is 0 Å². The predicted octanol–water partition coefficient (Wildman–Crippen LogP) is 3.86. The molecule has 1 amide bonds. The number of hydrogen-bond donors (Lipinski definition) is 2. The van der Waals surface area contributed by atoms with Gasteiger partial charge in [0.25, 0.3) is 5.56 Å². The van der Waals surface area contributed by atoms with Gasteiger partial charge >= 0.3 is 0 Å². The van der Waals surface area contributed by atoms with E-state index in [4.69, 9.17) is 12.2 Å². The van der Waals surface area contributed by atoms with Crippen molar-refractivity contribution in [3.63, 3.8) is 0 Å². The molecular weight excluding hydrogens is 454 g/mol. The minimum atomic E-state index is -0.696. The molecule has 0 saturated carbocycles. The van der Waals surface area contributed by atoms with E-state index in [1.165, 1.54) is 11.5 Å². The molecule has 0 saturated heterocycles. The van der Waals surface area contributed by atoms with Crippen LogP contribution in [0.5, 0.6) is 5.88 Å². The van der Waals surface area contributed by atoms with Gasteiger partial charge in [-0.3, -0.25) is 19.1 Å². The van der Waals surface area contributed by atoms with Crippen molar-refractivity contribution in [2.45, 2.75) is 19.4 Å². The summed E-state index contributed by atoms with van der Waals surface area (Å²) in [4.78, 5) is 29.6. The van der Waals surface area contributed by atoms with Crippen LogP contribution in [0.3, 0.4) is 0 Å². The topological polar surface area (TPSA) is 78.3 Å². The van der Waals surface area contributed by atoms with Crippen LogP contribution in [0.1, 0.15) is 29.7 Å². The Hall–Kier alpha value is -2.71. The molecular formula is C21H18BrN3O3S. The van der Waals surface area contributed by atoms with E-state index in [0.29, 0.717) is 18.7 Å². The van der Waals surface area contributed by atoms with Crippen LogP contribution in [0, 0.1) is 4.77 Å². The predicted molar refractivity (Wildman–Crippen MR) is 116 cm³/mol. The number of aromatic hydroxyl groups is 1. The highest BCUT2D eigenvalue weighted by Crippen LogP contribution is 2.37. The Bertz CT molecular complexity index is 1220. The molecule has 2 N–H and O–H groups in total. The van der Waals surface area contributed by atoms with Crippen LogP contribution in [0.15, 0.2) is 57.8 Å². The van der Waals surface area contributed by atoms with Gasteiger partial charge in [0.15, 0.2) is 4.77 Å². The van der Waals surface area contributed by atoms with Crippen LogP contribution in [-0.2, 0) is 11.2 Å². The summed E-state index contributed by atoms with van der Waals surface area (Å²) in [6.45, 7) is 1.93. The number of aromatic nitrogens is 2. The molecule has 1 unspecified atom stereocenters. The fourth-order valence-electron chi connectivity index (χ4n) is 3.83. The molecule has 3 aromatic rings. The van der Waals surface area contributed by atoms with Crippen molar-refractivity contribution in [3.8, 4) is 11.6 Å². The van der Waals surface area contributed by atoms with Gasteiger partial charge in [-0.15, -0.1) is 0 Å². The Morgan fingerprint density at radius 2 is 1.90 bits per heavy atom. The first kappa shape index (κ1) is 19.6. The summed E-state index contributed by atoms with van der Waals surface area (Å²) in [5, 5.41) is 11.2. The molecule has 0 aliphatic carbocycles. The molecule has 0 fully saturated rings. The molecule has 0 spiro atoms. The molecule has 2 heterocycles. The van der Waals surface area contributed by atoms with Gasteiger partial charge in [-0.25, -0.2) is 0 Å². The number of hydrogen-bond acceptors (Lipinski definition) is 4. The first-order chi connectivity index (χ1) is 13.9. The van der Waals surface area contributed by atoms with Crippen LogP contribution < -0.4 is 5.56 Å². The average Bonchev–Trinajstić information content (AvgIpc) is 2.69. The molecule has 1 aromatic heterocycles. The number of aromatic amines is 1. The second-order valence-electron chi connectivity index (χ2n) is 6.87. The molecule has 1 aliphatic rings. The number of nitrogens with one attached hydrogen (secondary N) is 1. The van der Waals surface area contributed by atoms with Gasteiger partial charge in [0.05, 0.1) is 11.7 Å². The molecule has 4 rings (SSSR count). The fraction of sp³-hybridized carbons (Fsp3) is 0.190. The lowest BCUT2D eigenvalue weighted by molar-refractivity contribution is -0.130. The molecule has 0 radical (unpaired) electrons. The van der Waals surface area contributed by atoms with Gasteiger partial charge in [-0.2, -0.15) is 0 Å². The number of amides is 1. The van der Waals surface area contributed by atoms with Crippen molar-refractivity contribution >= 4 is 34.1 Å². The van der Waals surface area contributed by atoms with Crippen molar-refractivity contribution < 1.29 is 9.90 Å². The molecule has 29 heavy (non-hydrogen) atoms. The third-order valence-corrected chi connectivity index (χ3v) is 5.98. The van der Waals surface area contributed by atoms with Gasteiger partial charge < -0.3 is 10.0 Å². The van der Waals surface area contributed by atoms with Crippen molar-refractivity contribution in [1.82, 2.24) is 14.5 Å². The number of rotatable bonds is 2. The highest BCUT2D eigenvalue weighted by atomic mass is 79.9. The lowest BCUT2D eigenvalue weighted by atomic mass is 9.89. The van der Waals surface area contributed by atoms with Gasteiger partial charge in [0.1, 0.15) is 5.56 Å². The van der Waals surface area contributed by atoms with Crippen LogP contribution >= 0.6 is 28.1 Å². The third-order valence-electron chi connectivity index (χ3n) is 5.17. The number of carbonyl (C=O) groups excluding carboxylic acids is 1. The van der Waals surface area contributed by atoms with E-state index in [-0.39, 0.29) is 22.1 Å². The summed E-state index contributed by atoms with van der Waals surface area (Å²) in [5.74, 6) is -0.435. The van der Waals surface area contributed by atoms with Crippen molar-refractivity contribution in [2.24, 2.45) is 0 Å². The smallest absolute Gasteiger partial charge is 0.261 e. The molecule has 0 bridgehead atoms. The zero-order valence-electron chi connectivity index (χ0n) is 15.6. The van der Waals surface area contributed by atoms with E-state index < -0.39 is 11.6 Å². The number of benzene rings is 2. The maximum atomic E-state index is 12.9. The molecule has 2 aromatic carbocycles. The second kappa shape index (κ2) is 7.61. The fourth-order valence-corrected chi connectivity index (χ4v) is 4.38. The van der Waals surface area contributed by atoms with Crippen LogP contribution in [0.2, 0.25) is 0 Å². The van der Waals surface area contributed by atoms with E-state index in [1.54, 1.807) is 17.0 Å².